The summed E-state index contributed by atoms with van der Waals surface area (Å²) in [6.07, 6.45) is 4.60. The number of aryl methyl sites for hydroxylation is 1. The molecule has 0 aromatic carbocycles. The fraction of sp³-hybridized carbons (Fsp3) is 0.273. The Balaban J connectivity index is 2.44. The van der Waals surface area contributed by atoms with Crippen LogP contribution in [0.4, 0.5) is 0 Å². The molecule has 0 radical (unpaired) electrons. The summed E-state index contributed by atoms with van der Waals surface area (Å²) in [5, 5.41) is 0. The number of hydrogen-bond acceptors (Lipinski definition) is 3. The highest BCUT2D eigenvalue weighted by Crippen LogP contribution is 2.09. The zero-order chi connectivity index (χ0) is 10.7. The van der Waals surface area contributed by atoms with Gasteiger partial charge in [-0.2, -0.15) is 0 Å². The van der Waals surface area contributed by atoms with E-state index in [2.05, 4.69) is 16.9 Å². The van der Waals surface area contributed by atoms with Crippen LogP contribution in [0.3, 0.4) is 0 Å². The first kappa shape index (κ1) is 9.86. The van der Waals surface area contributed by atoms with E-state index in [-0.39, 0.29) is 0 Å². The molecule has 0 amide bonds. The van der Waals surface area contributed by atoms with Gasteiger partial charge in [-0.3, -0.25) is 4.57 Å². The highest BCUT2D eigenvalue weighted by atomic mass is 15.1. The lowest BCUT2D eigenvalue weighted by atomic mass is 10.3. The summed E-state index contributed by atoms with van der Waals surface area (Å²) in [7, 11) is 0. The van der Waals surface area contributed by atoms with Crippen LogP contribution in [0, 0.1) is 0 Å². The Morgan fingerprint density at radius 2 is 2.27 bits per heavy atom. The van der Waals surface area contributed by atoms with Crippen molar-refractivity contribution < 1.29 is 0 Å². The molecule has 0 fully saturated rings. The molecule has 0 saturated heterocycles. The molecule has 15 heavy (non-hydrogen) atoms. The van der Waals surface area contributed by atoms with Crippen molar-refractivity contribution in [3.63, 3.8) is 0 Å². The Morgan fingerprint density at radius 1 is 1.40 bits per heavy atom. The Kier molecular flexibility index (Phi) is 2.78. The molecule has 0 atom stereocenters. The Bertz CT molecular complexity index is 447. The summed E-state index contributed by atoms with van der Waals surface area (Å²) in [6.45, 7) is 2.54. The van der Waals surface area contributed by atoms with Crippen LogP contribution >= 0.6 is 0 Å². The minimum absolute atomic E-state index is 0.462. The molecule has 2 rings (SSSR count). The second-order valence-corrected chi connectivity index (χ2v) is 3.26. The zero-order valence-electron chi connectivity index (χ0n) is 8.72. The lowest BCUT2D eigenvalue weighted by Gasteiger charge is -2.06. The first-order valence-corrected chi connectivity index (χ1v) is 5.03. The van der Waals surface area contributed by atoms with E-state index in [1.54, 1.807) is 6.20 Å². The number of aromatic nitrogens is 3. The van der Waals surface area contributed by atoms with Gasteiger partial charge in [0.25, 0.3) is 0 Å². The van der Waals surface area contributed by atoms with E-state index in [1.807, 2.05) is 29.0 Å². The summed E-state index contributed by atoms with van der Waals surface area (Å²) in [5.74, 6) is 1.89. The van der Waals surface area contributed by atoms with Gasteiger partial charge in [-0.15, -0.1) is 0 Å². The molecule has 0 aliphatic rings. The van der Waals surface area contributed by atoms with E-state index < -0.39 is 0 Å². The summed E-state index contributed by atoms with van der Waals surface area (Å²) < 4.78 is 1.99. The largest absolute Gasteiger partial charge is 0.325 e. The molecule has 4 nitrogen and oxygen atoms in total. The van der Waals surface area contributed by atoms with Crippen LogP contribution in [0.25, 0.3) is 5.82 Å². The Hall–Kier alpha value is -1.68. The highest BCUT2D eigenvalue weighted by molar-refractivity contribution is 5.26. The molecule has 2 heterocycles. The summed E-state index contributed by atoms with van der Waals surface area (Å²) >= 11 is 0. The van der Waals surface area contributed by atoms with Crippen molar-refractivity contribution in [3.05, 3.63) is 42.1 Å². The van der Waals surface area contributed by atoms with E-state index in [1.165, 1.54) is 0 Å². The maximum absolute atomic E-state index is 5.56. The molecule has 0 aliphatic heterocycles. The minimum atomic E-state index is 0.462. The van der Waals surface area contributed by atoms with Crippen LogP contribution in [0.2, 0.25) is 0 Å². The van der Waals surface area contributed by atoms with Gasteiger partial charge in [-0.1, -0.05) is 13.0 Å². The first-order chi connectivity index (χ1) is 7.35. The summed E-state index contributed by atoms with van der Waals surface area (Å²) in [4.78, 5) is 8.70. The molecule has 0 spiro atoms. The van der Waals surface area contributed by atoms with E-state index in [0.717, 1.165) is 23.8 Å². The molecule has 78 valence electrons. The average molecular weight is 202 g/mol. The van der Waals surface area contributed by atoms with E-state index >= 15 is 0 Å². The number of nitrogens with zero attached hydrogens (tertiary/aromatic N) is 3. The molecular weight excluding hydrogens is 188 g/mol. The van der Waals surface area contributed by atoms with Gasteiger partial charge in [-0.25, -0.2) is 9.97 Å². The quantitative estimate of drug-likeness (QED) is 0.815. The van der Waals surface area contributed by atoms with Crippen molar-refractivity contribution in [2.24, 2.45) is 5.73 Å². The predicted octanol–water partition coefficient (Wildman–Crippen LogP) is 1.29. The Morgan fingerprint density at radius 3 is 3.00 bits per heavy atom. The molecule has 2 aromatic heterocycles. The third-order valence-corrected chi connectivity index (χ3v) is 2.28. The molecule has 0 saturated carbocycles. The Labute approximate surface area is 88.8 Å². The van der Waals surface area contributed by atoms with Gasteiger partial charge in [0.05, 0.1) is 5.69 Å². The molecule has 0 aliphatic carbocycles. The topological polar surface area (TPSA) is 56.7 Å². The van der Waals surface area contributed by atoms with Crippen molar-refractivity contribution in [1.82, 2.24) is 14.5 Å². The second kappa shape index (κ2) is 4.23. The van der Waals surface area contributed by atoms with Gasteiger partial charge in [0.15, 0.2) is 0 Å². The van der Waals surface area contributed by atoms with Crippen LogP contribution < -0.4 is 5.73 Å². The van der Waals surface area contributed by atoms with Crippen LogP contribution in [-0.2, 0) is 13.0 Å². The van der Waals surface area contributed by atoms with Gasteiger partial charge >= 0.3 is 0 Å². The third-order valence-electron chi connectivity index (χ3n) is 2.28. The normalized spacial score (nSPS) is 10.5. The molecule has 0 unspecified atom stereocenters. The predicted molar refractivity (Wildman–Crippen MR) is 58.6 cm³/mol. The summed E-state index contributed by atoms with van der Waals surface area (Å²) in [6, 6.07) is 5.84. The third kappa shape index (κ3) is 1.89. The van der Waals surface area contributed by atoms with Crippen molar-refractivity contribution in [2.75, 3.05) is 0 Å². The highest BCUT2D eigenvalue weighted by Gasteiger charge is 2.03. The van der Waals surface area contributed by atoms with Crippen LogP contribution in [0.1, 0.15) is 18.4 Å². The molecular formula is C11H14N4. The van der Waals surface area contributed by atoms with Crippen molar-refractivity contribution in [1.29, 1.82) is 0 Å². The van der Waals surface area contributed by atoms with Crippen LogP contribution in [-0.4, -0.2) is 14.5 Å². The monoisotopic (exact) mass is 202 g/mol. The molecule has 2 N–H and O–H groups in total. The van der Waals surface area contributed by atoms with Gasteiger partial charge in [0.2, 0.25) is 0 Å². The maximum atomic E-state index is 5.56. The number of imidazole rings is 1. The van der Waals surface area contributed by atoms with E-state index in [4.69, 9.17) is 5.73 Å². The van der Waals surface area contributed by atoms with Crippen molar-refractivity contribution in [3.8, 4) is 5.82 Å². The lowest BCUT2D eigenvalue weighted by Crippen LogP contribution is -2.05. The fourth-order valence-electron chi connectivity index (χ4n) is 1.52. The molecule has 2 aromatic rings. The smallest absolute Gasteiger partial charge is 0.138 e. The second-order valence-electron chi connectivity index (χ2n) is 3.26. The zero-order valence-corrected chi connectivity index (χ0v) is 8.72. The SMILES string of the molecule is CCc1nccn1-c1cccc(CN)n1. The van der Waals surface area contributed by atoms with Gasteiger partial charge < -0.3 is 5.73 Å². The molecule has 4 heteroatoms. The number of hydrogen-bond donors (Lipinski definition) is 1. The van der Waals surface area contributed by atoms with Gasteiger partial charge in [-0.05, 0) is 12.1 Å². The van der Waals surface area contributed by atoms with Crippen LogP contribution in [0.5, 0.6) is 0 Å². The van der Waals surface area contributed by atoms with E-state index in [0.29, 0.717) is 6.54 Å². The van der Waals surface area contributed by atoms with Gasteiger partial charge in [0.1, 0.15) is 11.6 Å². The number of rotatable bonds is 3. The lowest BCUT2D eigenvalue weighted by molar-refractivity contribution is 0.851. The number of nitrogens with two attached hydrogens (primary N) is 1. The average Bonchev–Trinajstić information content (AvgIpc) is 2.77. The fourth-order valence-corrected chi connectivity index (χ4v) is 1.52. The maximum Gasteiger partial charge on any atom is 0.138 e. The van der Waals surface area contributed by atoms with Gasteiger partial charge in [0, 0.05) is 25.4 Å². The van der Waals surface area contributed by atoms with E-state index in [9.17, 15) is 0 Å². The number of pyridine rings is 1. The van der Waals surface area contributed by atoms with Crippen LogP contribution in [0.15, 0.2) is 30.6 Å². The summed E-state index contributed by atoms with van der Waals surface area (Å²) in [5.41, 5.74) is 6.45. The van der Waals surface area contributed by atoms with Crippen molar-refractivity contribution >= 4 is 0 Å². The first-order valence-electron chi connectivity index (χ1n) is 5.03. The molecule has 0 bridgehead atoms. The standard InChI is InChI=1S/C11H14N4/c1-2-10-13-6-7-15(10)11-5-3-4-9(8-12)14-11/h3-7H,2,8,12H2,1H3. The van der Waals surface area contributed by atoms with Crippen molar-refractivity contribution in [2.45, 2.75) is 19.9 Å². The minimum Gasteiger partial charge on any atom is -0.325 e.